The van der Waals surface area contributed by atoms with Crippen LogP contribution in [0.15, 0.2) is 66.7 Å². The quantitative estimate of drug-likeness (QED) is 0.486. The van der Waals surface area contributed by atoms with Crippen LogP contribution in [0.4, 0.5) is 0 Å². The molecule has 0 spiro atoms. The second kappa shape index (κ2) is 8.33. The Kier molecular flexibility index (Phi) is 5.60. The van der Waals surface area contributed by atoms with Gasteiger partial charge in [0, 0.05) is 0 Å². The molecule has 0 amide bonds. The number of imidazole rings is 1. The van der Waals surface area contributed by atoms with Gasteiger partial charge in [-0.05, 0) is 56.0 Å². The molecule has 0 fully saturated rings. The second-order valence-corrected chi connectivity index (χ2v) is 8.28. The highest BCUT2D eigenvalue weighted by Gasteiger charge is 2.19. The van der Waals surface area contributed by atoms with Crippen LogP contribution < -0.4 is 5.62 Å². The predicted molar refractivity (Wildman–Crippen MR) is 122 cm³/mol. The second-order valence-electron chi connectivity index (χ2n) is 8.28. The van der Waals surface area contributed by atoms with E-state index in [1.807, 2.05) is 9.13 Å². The molecule has 0 aliphatic rings. The normalized spacial score (nSPS) is 12.4. The van der Waals surface area contributed by atoms with Crippen LogP contribution in [0.2, 0.25) is 0 Å². The highest BCUT2D eigenvalue weighted by molar-refractivity contribution is 5.77. The van der Waals surface area contributed by atoms with E-state index in [-0.39, 0.29) is 12.6 Å². The minimum Gasteiger partial charge on any atom is -0.394 e. The summed E-state index contributed by atoms with van der Waals surface area (Å²) >= 11 is 0. The summed E-state index contributed by atoms with van der Waals surface area (Å²) in [5.74, 6) is 0. The molecule has 4 heteroatoms. The van der Waals surface area contributed by atoms with Crippen LogP contribution in [0.25, 0.3) is 11.0 Å². The zero-order valence-electron chi connectivity index (χ0n) is 17.9. The number of nitrogens with zero attached hydrogens (tertiary/aromatic N) is 2. The molecule has 0 aliphatic carbocycles. The molecule has 4 rings (SSSR count). The summed E-state index contributed by atoms with van der Waals surface area (Å²) in [4.78, 5) is 0. The van der Waals surface area contributed by atoms with Gasteiger partial charge in [-0.3, -0.25) is 5.41 Å². The number of hydrogen-bond donors (Lipinski definition) is 2. The highest BCUT2D eigenvalue weighted by atomic mass is 16.3. The van der Waals surface area contributed by atoms with E-state index in [1.54, 1.807) is 0 Å². The molecule has 1 aromatic heterocycles. The Morgan fingerprint density at radius 3 is 1.93 bits per heavy atom. The Morgan fingerprint density at radius 2 is 1.33 bits per heavy atom. The lowest BCUT2D eigenvalue weighted by atomic mass is 10.0. The molecule has 0 aliphatic heterocycles. The lowest BCUT2D eigenvalue weighted by molar-refractivity contribution is 0.225. The van der Waals surface area contributed by atoms with Crippen molar-refractivity contribution in [1.82, 2.24) is 9.13 Å². The SMILES string of the molecule is Cc1ccc(CC(CO)n2c(=N)n(Cc3ccc(C)cc3)c3ccc(C)cc32)cc1. The van der Waals surface area contributed by atoms with Gasteiger partial charge in [-0.2, -0.15) is 0 Å². The lowest BCUT2D eigenvalue weighted by Gasteiger charge is -2.18. The van der Waals surface area contributed by atoms with Gasteiger partial charge in [0.25, 0.3) is 0 Å². The van der Waals surface area contributed by atoms with Crippen molar-refractivity contribution in [1.29, 1.82) is 5.41 Å². The number of benzene rings is 3. The highest BCUT2D eigenvalue weighted by Crippen LogP contribution is 2.22. The maximum atomic E-state index is 10.3. The van der Waals surface area contributed by atoms with E-state index in [9.17, 15) is 5.11 Å². The van der Waals surface area contributed by atoms with E-state index in [0.29, 0.717) is 18.6 Å². The first-order chi connectivity index (χ1) is 14.5. The van der Waals surface area contributed by atoms with Gasteiger partial charge in [-0.25, -0.2) is 0 Å². The Morgan fingerprint density at radius 1 is 0.767 bits per heavy atom. The van der Waals surface area contributed by atoms with Crippen LogP contribution in [-0.2, 0) is 13.0 Å². The van der Waals surface area contributed by atoms with E-state index in [1.165, 1.54) is 16.7 Å². The van der Waals surface area contributed by atoms with Crippen molar-refractivity contribution < 1.29 is 5.11 Å². The Bertz CT molecular complexity index is 1210. The lowest BCUT2D eigenvalue weighted by Crippen LogP contribution is -2.30. The van der Waals surface area contributed by atoms with Crippen molar-refractivity contribution in [3.05, 3.63) is 100 Å². The number of rotatable bonds is 6. The summed E-state index contributed by atoms with van der Waals surface area (Å²) < 4.78 is 4.04. The van der Waals surface area contributed by atoms with Gasteiger partial charge in [-0.15, -0.1) is 0 Å². The smallest absolute Gasteiger partial charge is 0.203 e. The van der Waals surface area contributed by atoms with Gasteiger partial charge in [0.1, 0.15) is 0 Å². The van der Waals surface area contributed by atoms with Crippen molar-refractivity contribution >= 4 is 11.0 Å². The summed E-state index contributed by atoms with van der Waals surface area (Å²) in [7, 11) is 0. The molecule has 154 valence electrons. The molecule has 0 saturated heterocycles. The predicted octanol–water partition coefficient (Wildman–Crippen LogP) is 4.67. The van der Waals surface area contributed by atoms with Crippen molar-refractivity contribution in [2.75, 3.05) is 6.61 Å². The molecule has 0 bridgehead atoms. The van der Waals surface area contributed by atoms with E-state index in [4.69, 9.17) is 5.41 Å². The van der Waals surface area contributed by atoms with Gasteiger partial charge in [0.05, 0.1) is 30.2 Å². The van der Waals surface area contributed by atoms with Crippen molar-refractivity contribution in [2.45, 2.75) is 39.8 Å². The Hall–Kier alpha value is -3.11. The summed E-state index contributed by atoms with van der Waals surface area (Å²) in [6.07, 6.45) is 0.685. The first-order valence-corrected chi connectivity index (χ1v) is 10.4. The Labute approximate surface area is 177 Å². The molecule has 1 atom stereocenters. The maximum Gasteiger partial charge on any atom is 0.203 e. The molecule has 1 heterocycles. The Balaban J connectivity index is 1.80. The van der Waals surface area contributed by atoms with Gasteiger partial charge in [0.15, 0.2) is 0 Å². The molecular weight excluding hydrogens is 370 g/mol. The van der Waals surface area contributed by atoms with Crippen LogP contribution in [0.3, 0.4) is 0 Å². The van der Waals surface area contributed by atoms with Crippen LogP contribution in [0.1, 0.15) is 33.9 Å². The number of hydrogen-bond acceptors (Lipinski definition) is 2. The van der Waals surface area contributed by atoms with Gasteiger partial charge in [-0.1, -0.05) is 65.7 Å². The van der Waals surface area contributed by atoms with Crippen LogP contribution in [0, 0.1) is 26.2 Å². The number of aromatic nitrogens is 2. The number of aliphatic hydroxyl groups excluding tert-OH is 1. The van der Waals surface area contributed by atoms with Gasteiger partial charge < -0.3 is 14.2 Å². The fraction of sp³-hybridized carbons (Fsp3) is 0.269. The maximum absolute atomic E-state index is 10.3. The van der Waals surface area contributed by atoms with Crippen LogP contribution in [0.5, 0.6) is 0 Å². The third kappa shape index (κ3) is 3.96. The number of aliphatic hydroxyl groups is 1. The molecule has 0 radical (unpaired) electrons. The average molecular weight is 400 g/mol. The van der Waals surface area contributed by atoms with Crippen molar-refractivity contribution in [2.24, 2.45) is 0 Å². The topological polar surface area (TPSA) is 53.9 Å². The minimum absolute atomic E-state index is 0.0119. The summed E-state index contributed by atoms with van der Waals surface area (Å²) in [5, 5.41) is 19.3. The first-order valence-electron chi connectivity index (χ1n) is 10.4. The fourth-order valence-corrected chi connectivity index (χ4v) is 4.05. The molecule has 3 aromatic carbocycles. The standard InChI is InChI=1S/C26H29N3O/c1-18-4-9-21(10-5-18)15-23(17-30)29-25-14-20(3)8-13-24(25)28(26(29)27)16-22-11-6-19(2)7-12-22/h4-14,23,27,30H,15-17H2,1-3H3. The zero-order valence-corrected chi connectivity index (χ0v) is 17.9. The van der Waals surface area contributed by atoms with Crippen LogP contribution >= 0.6 is 0 Å². The fourth-order valence-electron chi connectivity index (χ4n) is 4.05. The van der Waals surface area contributed by atoms with Crippen molar-refractivity contribution in [3.63, 3.8) is 0 Å². The first kappa shape index (κ1) is 20.2. The van der Waals surface area contributed by atoms with Gasteiger partial charge >= 0.3 is 0 Å². The molecule has 30 heavy (non-hydrogen) atoms. The zero-order chi connectivity index (χ0) is 21.3. The monoisotopic (exact) mass is 399 g/mol. The molecule has 1 unspecified atom stereocenters. The molecule has 4 nitrogen and oxygen atoms in total. The summed E-state index contributed by atoms with van der Waals surface area (Å²) in [6, 6.07) is 23.0. The minimum atomic E-state index is -0.191. The van der Waals surface area contributed by atoms with Crippen LogP contribution in [-0.4, -0.2) is 20.8 Å². The van der Waals surface area contributed by atoms with Crippen molar-refractivity contribution in [3.8, 4) is 0 Å². The summed E-state index contributed by atoms with van der Waals surface area (Å²) in [5.41, 5.74) is 8.37. The number of fused-ring (bicyclic) bond motifs is 1. The van der Waals surface area contributed by atoms with Gasteiger partial charge in [0.2, 0.25) is 5.62 Å². The molecule has 4 aromatic rings. The largest absolute Gasteiger partial charge is 0.394 e. The summed E-state index contributed by atoms with van der Waals surface area (Å²) in [6.45, 7) is 6.85. The molecule has 2 N–H and O–H groups in total. The number of nitrogens with one attached hydrogen (secondary N) is 1. The third-order valence-corrected chi connectivity index (χ3v) is 5.79. The third-order valence-electron chi connectivity index (χ3n) is 5.79. The number of aryl methyl sites for hydroxylation is 3. The molecular formula is C26H29N3O. The molecule has 0 saturated carbocycles. The van der Waals surface area contributed by atoms with E-state index < -0.39 is 0 Å². The average Bonchev–Trinajstić information content (AvgIpc) is 3.00. The van der Waals surface area contributed by atoms with E-state index >= 15 is 0 Å². The van der Waals surface area contributed by atoms with E-state index in [2.05, 4.69) is 87.5 Å². The van der Waals surface area contributed by atoms with E-state index in [0.717, 1.165) is 22.2 Å².